The fraction of sp³-hybridized carbons (Fsp3) is 0.956. The van der Waals surface area contributed by atoms with Crippen LogP contribution in [-0.4, -0.2) is 49.3 Å². The Morgan fingerprint density at radius 2 is 0.782 bits per heavy atom. The predicted octanol–water partition coefficient (Wildman–Crippen LogP) is 13.6. The minimum absolute atomic E-state index is 0.0582. The van der Waals surface area contributed by atoms with Crippen LogP contribution in [0.2, 0.25) is 0 Å². The van der Waals surface area contributed by atoms with E-state index in [0.29, 0.717) is 6.42 Å². The minimum Gasteiger partial charge on any atom is -0.462 e. The highest BCUT2D eigenvalue weighted by atomic mass is 31.2. The number of rotatable bonds is 45. The Hall–Kier alpha value is -0.990. The quantitative estimate of drug-likeness (QED) is 0.0350. The fourth-order valence-electron chi connectivity index (χ4n) is 6.99. The van der Waals surface area contributed by atoms with Crippen molar-refractivity contribution in [3.05, 3.63) is 0 Å². The van der Waals surface area contributed by atoms with Crippen molar-refractivity contribution in [3.8, 4) is 0 Å². The molecule has 0 aliphatic rings. The molecule has 0 rings (SSSR count). The van der Waals surface area contributed by atoms with Crippen LogP contribution in [0.1, 0.15) is 245 Å². The number of hydrogen-bond acceptors (Lipinski definition) is 8. The monoisotopic (exact) mass is 804 g/mol. The molecule has 10 heteroatoms. The minimum atomic E-state index is -4.37. The van der Waals surface area contributed by atoms with Gasteiger partial charge in [0.1, 0.15) is 6.61 Å². The maximum atomic E-state index is 12.6. The Morgan fingerprint density at radius 3 is 1.11 bits per heavy atom. The molecule has 0 bridgehead atoms. The number of carbonyl (C=O) groups excluding carboxylic acids is 2. The molecule has 0 aromatic heterocycles. The number of nitrogens with two attached hydrogens (primary N) is 1. The molecule has 0 amide bonds. The number of carbonyl (C=O) groups is 2. The summed E-state index contributed by atoms with van der Waals surface area (Å²) in [5, 5.41) is 0. The molecule has 0 heterocycles. The van der Waals surface area contributed by atoms with Gasteiger partial charge in [0, 0.05) is 19.4 Å². The number of esters is 2. The van der Waals surface area contributed by atoms with Gasteiger partial charge in [-0.2, -0.15) is 0 Å². The highest BCUT2D eigenvalue weighted by Crippen LogP contribution is 2.43. The van der Waals surface area contributed by atoms with Crippen molar-refractivity contribution in [1.29, 1.82) is 0 Å². The highest BCUT2D eigenvalue weighted by Gasteiger charge is 2.26. The Kier molecular flexibility index (Phi) is 41.8. The van der Waals surface area contributed by atoms with Gasteiger partial charge in [0.15, 0.2) is 6.10 Å². The van der Waals surface area contributed by atoms with Crippen LogP contribution in [0.15, 0.2) is 0 Å². The average molecular weight is 804 g/mol. The number of ether oxygens (including phenoxy) is 2. The number of phosphoric ester groups is 1. The molecule has 55 heavy (non-hydrogen) atoms. The van der Waals surface area contributed by atoms with E-state index in [0.717, 1.165) is 32.1 Å². The van der Waals surface area contributed by atoms with Gasteiger partial charge >= 0.3 is 19.8 Å². The van der Waals surface area contributed by atoms with Gasteiger partial charge in [0.25, 0.3) is 0 Å². The molecular formula is C45H90NO8P. The molecule has 0 aliphatic heterocycles. The summed E-state index contributed by atoms with van der Waals surface area (Å²) >= 11 is 0. The first-order valence-corrected chi connectivity index (χ1v) is 25.0. The first kappa shape index (κ1) is 54.0. The molecule has 2 unspecified atom stereocenters. The van der Waals surface area contributed by atoms with Crippen molar-refractivity contribution in [2.45, 2.75) is 251 Å². The lowest BCUT2D eigenvalue weighted by atomic mass is 10.0. The van der Waals surface area contributed by atoms with Crippen molar-refractivity contribution in [1.82, 2.24) is 0 Å². The summed E-state index contributed by atoms with van der Waals surface area (Å²) in [7, 11) is -4.37. The molecular weight excluding hydrogens is 713 g/mol. The first-order valence-electron chi connectivity index (χ1n) is 23.5. The van der Waals surface area contributed by atoms with E-state index in [1.54, 1.807) is 0 Å². The van der Waals surface area contributed by atoms with Crippen molar-refractivity contribution in [3.63, 3.8) is 0 Å². The molecule has 0 saturated carbocycles. The van der Waals surface area contributed by atoms with E-state index in [2.05, 4.69) is 13.8 Å². The molecule has 9 nitrogen and oxygen atoms in total. The molecule has 0 radical (unpaired) electrons. The first-order chi connectivity index (χ1) is 26.8. The molecule has 0 aliphatic carbocycles. The van der Waals surface area contributed by atoms with Crippen molar-refractivity contribution < 1.29 is 37.6 Å². The molecule has 0 saturated heterocycles. The summed E-state index contributed by atoms with van der Waals surface area (Å²) in [6.07, 6.45) is 42.7. The largest absolute Gasteiger partial charge is 0.472 e. The second kappa shape index (κ2) is 42.6. The molecule has 0 fully saturated rings. The van der Waals surface area contributed by atoms with Crippen molar-refractivity contribution >= 4 is 19.8 Å². The second-order valence-electron chi connectivity index (χ2n) is 16.0. The van der Waals surface area contributed by atoms with Gasteiger partial charge in [-0.1, -0.05) is 219 Å². The van der Waals surface area contributed by atoms with Crippen LogP contribution in [0.25, 0.3) is 0 Å². The van der Waals surface area contributed by atoms with Gasteiger partial charge in [-0.05, 0) is 12.8 Å². The topological polar surface area (TPSA) is 134 Å². The van der Waals surface area contributed by atoms with E-state index in [9.17, 15) is 19.0 Å². The zero-order valence-electron chi connectivity index (χ0n) is 36.2. The molecule has 0 aromatic rings. The molecule has 328 valence electrons. The Bertz CT molecular complexity index is 876. The predicted molar refractivity (Wildman–Crippen MR) is 229 cm³/mol. The number of phosphoric acid groups is 1. The zero-order chi connectivity index (χ0) is 40.3. The average Bonchev–Trinajstić information content (AvgIpc) is 3.17. The molecule has 3 N–H and O–H groups in total. The Labute approximate surface area is 339 Å². The van der Waals surface area contributed by atoms with E-state index < -0.39 is 26.5 Å². The van der Waals surface area contributed by atoms with E-state index in [1.165, 1.54) is 180 Å². The lowest BCUT2D eigenvalue weighted by molar-refractivity contribution is -0.161. The third kappa shape index (κ3) is 42.4. The summed E-state index contributed by atoms with van der Waals surface area (Å²) in [6.45, 7) is 3.79. The van der Waals surface area contributed by atoms with Crippen LogP contribution in [0.3, 0.4) is 0 Å². The van der Waals surface area contributed by atoms with Gasteiger partial charge in [-0.15, -0.1) is 0 Å². The summed E-state index contributed by atoms with van der Waals surface area (Å²) in [4.78, 5) is 34.9. The van der Waals surface area contributed by atoms with E-state index >= 15 is 0 Å². The molecule has 0 aromatic carbocycles. The van der Waals surface area contributed by atoms with Crippen molar-refractivity contribution in [2.24, 2.45) is 5.73 Å². The third-order valence-electron chi connectivity index (χ3n) is 10.5. The molecule has 0 spiro atoms. The maximum Gasteiger partial charge on any atom is 0.472 e. The second-order valence-corrected chi connectivity index (χ2v) is 17.4. The van der Waals surface area contributed by atoms with Crippen LogP contribution in [-0.2, 0) is 32.7 Å². The van der Waals surface area contributed by atoms with Crippen LogP contribution in [0.4, 0.5) is 0 Å². The lowest BCUT2D eigenvalue weighted by Gasteiger charge is -2.19. The van der Waals surface area contributed by atoms with Gasteiger partial charge in [0.05, 0.1) is 13.2 Å². The molecule has 2 atom stereocenters. The van der Waals surface area contributed by atoms with Gasteiger partial charge < -0.3 is 20.1 Å². The lowest BCUT2D eigenvalue weighted by Crippen LogP contribution is -2.29. The smallest absolute Gasteiger partial charge is 0.462 e. The normalized spacial score (nSPS) is 13.2. The van der Waals surface area contributed by atoms with E-state index in [-0.39, 0.29) is 38.6 Å². The van der Waals surface area contributed by atoms with E-state index in [1.807, 2.05) is 0 Å². The Morgan fingerprint density at radius 1 is 0.473 bits per heavy atom. The SMILES string of the molecule is CCCCCCCCCCCCCCCCCCCC(=O)OCC(COP(=O)(O)OCCN)OC(=O)CCCCCCCCCCCCCCCCCCC. The van der Waals surface area contributed by atoms with Crippen LogP contribution in [0.5, 0.6) is 0 Å². The van der Waals surface area contributed by atoms with Crippen LogP contribution in [0, 0.1) is 0 Å². The van der Waals surface area contributed by atoms with Gasteiger partial charge in [0.2, 0.25) is 0 Å². The summed E-state index contributed by atoms with van der Waals surface area (Å²) in [6, 6.07) is 0. The number of unbranched alkanes of at least 4 members (excludes halogenated alkanes) is 32. The summed E-state index contributed by atoms with van der Waals surface area (Å²) in [5.41, 5.74) is 5.36. The highest BCUT2D eigenvalue weighted by molar-refractivity contribution is 7.47. The van der Waals surface area contributed by atoms with Crippen LogP contribution >= 0.6 is 7.82 Å². The van der Waals surface area contributed by atoms with Gasteiger partial charge in [-0.25, -0.2) is 4.57 Å². The fourth-order valence-corrected chi connectivity index (χ4v) is 7.76. The number of hydrogen-bond donors (Lipinski definition) is 2. The third-order valence-corrected chi connectivity index (χ3v) is 11.5. The summed E-state index contributed by atoms with van der Waals surface area (Å²) in [5.74, 6) is -0.809. The zero-order valence-corrected chi connectivity index (χ0v) is 37.1. The standard InChI is InChI=1S/C45H90NO8P/c1-3-5-7-9-11-13-15-17-19-21-23-25-27-29-31-33-35-37-44(47)51-41-43(42-53-55(49,50)52-40-39-46)54-45(48)38-36-34-32-30-28-26-24-22-20-18-16-14-12-10-8-6-4-2/h43H,3-42,46H2,1-2H3,(H,49,50). The Balaban J connectivity index is 4.05. The van der Waals surface area contributed by atoms with Crippen LogP contribution < -0.4 is 5.73 Å². The van der Waals surface area contributed by atoms with Gasteiger partial charge in [-0.3, -0.25) is 18.6 Å². The summed E-state index contributed by atoms with van der Waals surface area (Å²) < 4.78 is 32.9. The van der Waals surface area contributed by atoms with Crippen molar-refractivity contribution in [2.75, 3.05) is 26.4 Å². The maximum absolute atomic E-state index is 12.6. The van der Waals surface area contributed by atoms with E-state index in [4.69, 9.17) is 24.3 Å².